The lowest BCUT2D eigenvalue weighted by Crippen LogP contribution is -2.41. The summed E-state index contributed by atoms with van der Waals surface area (Å²) < 4.78 is 5.48. The number of ether oxygens (including phenoxy) is 1. The number of nitrogens with one attached hydrogen (secondary N) is 1. The number of carbonyl (C=O) groups excluding carboxylic acids is 1. The normalized spacial score (nSPS) is 24.1. The molecule has 1 aliphatic carbocycles. The minimum atomic E-state index is -0.459. The maximum absolute atomic E-state index is 12.2. The van der Waals surface area contributed by atoms with Crippen molar-refractivity contribution in [2.24, 2.45) is 0 Å². The average molecular weight is 376 g/mol. The highest BCUT2D eigenvalue weighted by Crippen LogP contribution is 2.33. The standard InChI is InChI=1S/C21H33N3O3/c1-21(2,3)27-20(26)24-10-8-14(9-11-24)15-4-7-18(22)19(12-15)23-16-5-6-17(25)13-16/h4,7,12,14,16-17,23,25H,5-6,8-11,13,22H2,1-3H3/t16-,17+/m0/s1. The zero-order valence-electron chi connectivity index (χ0n) is 16.7. The first-order valence-electron chi connectivity index (χ1n) is 10.0. The van der Waals surface area contributed by atoms with Crippen LogP contribution in [0.5, 0.6) is 0 Å². The summed E-state index contributed by atoms with van der Waals surface area (Å²) in [7, 11) is 0. The van der Waals surface area contributed by atoms with E-state index >= 15 is 0 Å². The monoisotopic (exact) mass is 375 g/mol. The zero-order chi connectivity index (χ0) is 19.6. The van der Waals surface area contributed by atoms with Gasteiger partial charge < -0.3 is 25.8 Å². The molecule has 4 N–H and O–H groups in total. The van der Waals surface area contributed by atoms with Gasteiger partial charge in [0.15, 0.2) is 0 Å². The molecule has 1 aromatic carbocycles. The maximum Gasteiger partial charge on any atom is 0.410 e. The summed E-state index contributed by atoms with van der Waals surface area (Å²) in [5.41, 5.74) is 8.66. The molecule has 1 aromatic rings. The van der Waals surface area contributed by atoms with E-state index in [2.05, 4.69) is 17.4 Å². The summed E-state index contributed by atoms with van der Waals surface area (Å²) in [5.74, 6) is 0.416. The molecule has 3 rings (SSSR count). The van der Waals surface area contributed by atoms with Crippen molar-refractivity contribution in [2.75, 3.05) is 24.1 Å². The molecule has 0 aromatic heterocycles. The second-order valence-electron chi connectivity index (χ2n) is 8.90. The van der Waals surface area contributed by atoms with Gasteiger partial charge in [0, 0.05) is 19.1 Å². The molecule has 0 radical (unpaired) electrons. The van der Waals surface area contributed by atoms with Crippen molar-refractivity contribution in [2.45, 2.75) is 76.5 Å². The summed E-state index contributed by atoms with van der Waals surface area (Å²) in [4.78, 5) is 14.0. The van der Waals surface area contributed by atoms with Gasteiger partial charge in [0.05, 0.1) is 17.5 Å². The van der Waals surface area contributed by atoms with Crippen molar-refractivity contribution in [3.05, 3.63) is 23.8 Å². The number of rotatable bonds is 3. The first-order valence-corrected chi connectivity index (χ1v) is 10.0. The van der Waals surface area contributed by atoms with Crippen molar-refractivity contribution in [3.63, 3.8) is 0 Å². The molecule has 0 spiro atoms. The summed E-state index contributed by atoms with van der Waals surface area (Å²) in [6.07, 6.45) is 4.01. The third-order valence-electron chi connectivity index (χ3n) is 5.46. The number of anilines is 2. The predicted molar refractivity (Wildman–Crippen MR) is 108 cm³/mol. The maximum atomic E-state index is 12.2. The van der Waals surface area contributed by atoms with E-state index in [1.54, 1.807) is 4.90 Å². The van der Waals surface area contributed by atoms with Crippen LogP contribution in [0.15, 0.2) is 18.2 Å². The highest BCUT2D eigenvalue weighted by atomic mass is 16.6. The Bertz CT molecular complexity index is 663. The zero-order valence-corrected chi connectivity index (χ0v) is 16.7. The minimum Gasteiger partial charge on any atom is -0.444 e. The van der Waals surface area contributed by atoms with Gasteiger partial charge >= 0.3 is 6.09 Å². The van der Waals surface area contributed by atoms with Crippen LogP contribution >= 0.6 is 0 Å². The number of aliphatic hydroxyl groups excluding tert-OH is 1. The largest absolute Gasteiger partial charge is 0.444 e. The molecular formula is C21H33N3O3. The highest BCUT2D eigenvalue weighted by Gasteiger charge is 2.28. The number of amides is 1. The molecule has 2 aliphatic rings. The van der Waals surface area contributed by atoms with Gasteiger partial charge in [-0.05, 0) is 76.5 Å². The van der Waals surface area contributed by atoms with Crippen molar-refractivity contribution in [3.8, 4) is 0 Å². The topological polar surface area (TPSA) is 87.8 Å². The number of carbonyl (C=O) groups is 1. The molecule has 2 fully saturated rings. The smallest absolute Gasteiger partial charge is 0.410 e. The average Bonchev–Trinajstić information content (AvgIpc) is 3.00. The van der Waals surface area contributed by atoms with E-state index in [-0.39, 0.29) is 18.2 Å². The number of piperidine rings is 1. The van der Waals surface area contributed by atoms with Gasteiger partial charge in [-0.15, -0.1) is 0 Å². The molecule has 0 bridgehead atoms. The fourth-order valence-corrected chi connectivity index (χ4v) is 3.98. The van der Waals surface area contributed by atoms with Gasteiger partial charge in [-0.2, -0.15) is 0 Å². The van der Waals surface area contributed by atoms with E-state index < -0.39 is 5.60 Å². The van der Waals surface area contributed by atoms with Gasteiger partial charge in [0.2, 0.25) is 0 Å². The molecule has 27 heavy (non-hydrogen) atoms. The number of likely N-dealkylation sites (tertiary alicyclic amines) is 1. The fraction of sp³-hybridized carbons (Fsp3) is 0.667. The lowest BCUT2D eigenvalue weighted by atomic mass is 9.89. The Labute approximate surface area is 162 Å². The van der Waals surface area contributed by atoms with Gasteiger partial charge in [-0.1, -0.05) is 6.07 Å². The molecule has 1 aliphatic heterocycles. The Balaban J connectivity index is 1.59. The molecule has 6 nitrogen and oxygen atoms in total. The number of aliphatic hydroxyl groups is 1. The highest BCUT2D eigenvalue weighted by molar-refractivity contribution is 5.69. The van der Waals surface area contributed by atoms with Crippen molar-refractivity contribution in [1.29, 1.82) is 0 Å². The SMILES string of the molecule is CC(C)(C)OC(=O)N1CCC(c2ccc(N)c(N[C@H]3CC[C@@H](O)C3)c2)CC1. The first-order chi connectivity index (χ1) is 12.7. The number of nitrogens with zero attached hydrogens (tertiary/aromatic N) is 1. The second kappa shape index (κ2) is 7.97. The van der Waals surface area contributed by atoms with Gasteiger partial charge in [0.25, 0.3) is 0 Å². The molecule has 2 atom stereocenters. The summed E-state index contributed by atoms with van der Waals surface area (Å²) >= 11 is 0. The lowest BCUT2D eigenvalue weighted by Gasteiger charge is -2.33. The van der Waals surface area contributed by atoms with Crippen LogP contribution in [0.3, 0.4) is 0 Å². The van der Waals surface area contributed by atoms with E-state index in [0.717, 1.165) is 43.5 Å². The number of hydrogen-bond donors (Lipinski definition) is 3. The van der Waals surface area contributed by atoms with Crippen LogP contribution < -0.4 is 11.1 Å². The van der Waals surface area contributed by atoms with Crippen LogP contribution in [0.25, 0.3) is 0 Å². The van der Waals surface area contributed by atoms with E-state index in [1.165, 1.54) is 5.56 Å². The minimum absolute atomic E-state index is 0.205. The third kappa shape index (κ3) is 5.28. The molecule has 150 valence electrons. The predicted octanol–water partition coefficient (Wildman–Crippen LogP) is 3.71. The van der Waals surface area contributed by atoms with Crippen LogP contribution in [-0.4, -0.2) is 46.9 Å². The molecule has 6 heteroatoms. The van der Waals surface area contributed by atoms with Crippen LogP contribution in [-0.2, 0) is 4.74 Å². The Morgan fingerprint density at radius 2 is 1.93 bits per heavy atom. The van der Waals surface area contributed by atoms with Crippen LogP contribution in [0.1, 0.15) is 64.4 Å². The molecule has 1 saturated heterocycles. The molecule has 0 unspecified atom stereocenters. The van der Waals surface area contributed by atoms with Crippen LogP contribution in [0, 0.1) is 0 Å². The number of nitrogen functional groups attached to an aromatic ring is 1. The van der Waals surface area contributed by atoms with Gasteiger partial charge in [0.1, 0.15) is 5.60 Å². The summed E-state index contributed by atoms with van der Waals surface area (Å²) in [6, 6.07) is 6.49. The number of hydrogen-bond acceptors (Lipinski definition) is 5. The third-order valence-corrected chi connectivity index (χ3v) is 5.46. The van der Waals surface area contributed by atoms with Crippen molar-refractivity contribution in [1.82, 2.24) is 4.90 Å². The van der Waals surface area contributed by atoms with Crippen LogP contribution in [0.4, 0.5) is 16.2 Å². The Morgan fingerprint density at radius 1 is 1.22 bits per heavy atom. The Morgan fingerprint density at radius 3 is 2.52 bits per heavy atom. The fourth-order valence-electron chi connectivity index (χ4n) is 3.98. The summed E-state index contributed by atoms with van der Waals surface area (Å²) in [6.45, 7) is 7.10. The van der Waals surface area contributed by atoms with E-state index in [9.17, 15) is 9.90 Å². The Hall–Kier alpha value is -1.95. The second-order valence-corrected chi connectivity index (χ2v) is 8.90. The van der Waals surface area contributed by atoms with E-state index in [1.807, 2.05) is 26.8 Å². The van der Waals surface area contributed by atoms with Crippen LogP contribution in [0.2, 0.25) is 0 Å². The molecular weight excluding hydrogens is 342 g/mol. The molecule has 1 amide bonds. The summed E-state index contributed by atoms with van der Waals surface area (Å²) in [5, 5.41) is 13.2. The van der Waals surface area contributed by atoms with Gasteiger partial charge in [-0.3, -0.25) is 0 Å². The molecule has 1 heterocycles. The van der Waals surface area contributed by atoms with E-state index in [0.29, 0.717) is 19.0 Å². The van der Waals surface area contributed by atoms with E-state index in [4.69, 9.17) is 10.5 Å². The van der Waals surface area contributed by atoms with Crippen molar-refractivity contribution < 1.29 is 14.6 Å². The first kappa shape index (κ1) is 19.8. The van der Waals surface area contributed by atoms with Crippen molar-refractivity contribution >= 4 is 17.5 Å². The molecule has 1 saturated carbocycles. The Kier molecular flexibility index (Phi) is 5.84. The quantitative estimate of drug-likeness (QED) is 0.701. The van der Waals surface area contributed by atoms with Gasteiger partial charge in [-0.25, -0.2) is 4.79 Å². The lowest BCUT2D eigenvalue weighted by molar-refractivity contribution is 0.0205. The number of benzene rings is 1. The number of nitrogens with two attached hydrogens (primary N) is 1.